The molecule has 0 fully saturated rings. The summed E-state index contributed by atoms with van der Waals surface area (Å²) in [4.78, 5) is 0. The standard InChI is InChI=1S/C21H18F3N3O3/c22-21(23,24)14-2-4-15(5-3-14)27-18-11-28-10-17(16(18)9-26-27)25-8-13-1-6-19-20(7-13)30-12-29-19/h1-7,9,17,25H,8,10-12H2. The van der Waals surface area contributed by atoms with E-state index < -0.39 is 11.7 Å². The SMILES string of the molecule is FC(F)(F)c1ccc(-n2ncc3c2COCC3NCc2ccc3c(c2)OCO3)cc1. The van der Waals surface area contributed by atoms with E-state index in [0.717, 1.165) is 40.5 Å². The van der Waals surface area contributed by atoms with E-state index in [4.69, 9.17) is 14.2 Å². The highest BCUT2D eigenvalue weighted by Gasteiger charge is 2.30. The van der Waals surface area contributed by atoms with E-state index in [2.05, 4.69) is 10.4 Å². The Hall–Kier alpha value is -3.04. The van der Waals surface area contributed by atoms with Gasteiger partial charge in [-0.15, -0.1) is 0 Å². The summed E-state index contributed by atoms with van der Waals surface area (Å²) in [5.41, 5.74) is 2.71. The summed E-state index contributed by atoms with van der Waals surface area (Å²) in [5, 5.41) is 7.85. The summed E-state index contributed by atoms with van der Waals surface area (Å²) in [7, 11) is 0. The lowest BCUT2D eigenvalue weighted by molar-refractivity contribution is -0.137. The Kier molecular flexibility index (Phi) is 4.63. The van der Waals surface area contributed by atoms with Crippen molar-refractivity contribution in [2.24, 2.45) is 0 Å². The molecule has 1 N–H and O–H groups in total. The average Bonchev–Trinajstić information content (AvgIpc) is 3.38. The minimum atomic E-state index is -4.37. The fraction of sp³-hybridized carbons (Fsp3) is 0.286. The second-order valence-electron chi connectivity index (χ2n) is 7.14. The minimum absolute atomic E-state index is 0.0811. The van der Waals surface area contributed by atoms with Gasteiger partial charge in [0, 0.05) is 12.1 Å². The Morgan fingerprint density at radius 2 is 1.87 bits per heavy atom. The molecule has 5 rings (SSSR count). The first-order valence-corrected chi connectivity index (χ1v) is 9.43. The van der Waals surface area contributed by atoms with Crippen LogP contribution in [0.2, 0.25) is 0 Å². The number of hydrogen-bond acceptors (Lipinski definition) is 5. The number of halogens is 3. The molecule has 0 radical (unpaired) electrons. The number of ether oxygens (including phenoxy) is 3. The molecular formula is C21H18F3N3O3. The molecule has 1 aromatic heterocycles. The summed E-state index contributed by atoms with van der Waals surface area (Å²) >= 11 is 0. The molecule has 9 heteroatoms. The van der Waals surface area contributed by atoms with Gasteiger partial charge in [0.15, 0.2) is 11.5 Å². The maximum atomic E-state index is 12.8. The fourth-order valence-electron chi connectivity index (χ4n) is 3.66. The van der Waals surface area contributed by atoms with Crippen LogP contribution in [0, 0.1) is 0 Å². The number of alkyl halides is 3. The van der Waals surface area contributed by atoms with Gasteiger partial charge in [-0.25, -0.2) is 4.68 Å². The van der Waals surface area contributed by atoms with E-state index >= 15 is 0 Å². The highest BCUT2D eigenvalue weighted by atomic mass is 19.4. The van der Waals surface area contributed by atoms with Crippen molar-refractivity contribution in [3.05, 3.63) is 71.0 Å². The first-order valence-electron chi connectivity index (χ1n) is 9.43. The van der Waals surface area contributed by atoms with Crippen molar-refractivity contribution in [3.8, 4) is 17.2 Å². The lowest BCUT2D eigenvalue weighted by Crippen LogP contribution is -2.29. The van der Waals surface area contributed by atoms with E-state index in [1.165, 1.54) is 12.1 Å². The fourth-order valence-corrected chi connectivity index (χ4v) is 3.66. The van der Waals surface area contributed by atoms with Gasteiger partial charge in [-0.2, -0.15) is 18.3 Å². The third kappa shape index (κ3) is 3.50. The number of rotatable bonds is 4. The predicted octanol–water partition coefficient (Wildman–Crippen LogP) is 3.98. The Balaban J connectivity index is 1.34. The maximum Gasteiger partial charge on any atom is 0.416 e. The van der Waals surface area contributed by atoms with E-state index in [1.807, 2.05) is 18.2 Å². The van der Waals surface area contributed by atoms with Crippen molar-refractivity contribution < 1.29 is 27.4 Å². The van der Waals surface area contributed by atoms with Crippen LogP contribution in [0.25, 0.3) is 5.69 Å². The van der Waals surface area contributed by atoms with Gasteiger partial charge >= 0.3 is 6.18 Å². The molecule has 2 aliphatic rings. The molecule has 0 spiro atoms. The number of hydrogen-bond donors (Lipinski definition) is 1. The zero-order chi connectivity index (χ0) is 20.7. The Bertz CT molecular complexity index is 1060. The number of nitrogens with one attached hydrogen (secondary N) is 1. The average molecular weight is 417 g/mol. The minimum Gasteiger partial charge on any atom is -0.454 e. The largest absolute Gasteiger partial charge is 0.454 e. The lowest BCUT2D eigenvalue weighted by atomic mass is 10.1. The van der Waals surface area contributed by atoms with Crippen LogP contribution in [0.5, 0.6) is 11.5 Å². The molecule has 0 bridgehead atoms. The molecule has 30 heavy (non-hydrogen) atoms. The zero-order valence-electron chi connectivity index (χ0n) is 15.8. The molecule has 3 heterocycles. The molecule has 156 valence electrons. The summed E-state index contributed by atoms with van der Waals surface area (Å²) in [6.45, 7) is 1.65. The van der Waals surface area contributed by atoms with Crippen LogP contribution in [-0.2, 0) is 24.1 Å². The van der Waals surface area contributed by atoms with Crippen molar-refractivity contribution in [2.75, 3.05) is 13.4 Å². The summed E-state index contributed by atoms with van der Waals surface area (Å²) in [6, 6.07) is 10.7. The van der Waals surface area contributed by atoms with E-state index in [0.29, 0.717) is 25.4 Å². The normalized spacial score (nSPS) is 17.8. The molecule has 0 amide bonds. The van der Waals surface area contributed by atoms with Crippen molar-refractivity contribution in [1.82, 2.24) is 15.1 Å². The van der Waals surface area contributed by atoms with Gasteiger partial charge in [0.25, 0.3) is 0 Å². The second-order valence-corrected chi connectivity index (χ2v) is 7.14. The first-order chi connectivity index (χ1) is 14.5. The van der Waals surface area contributed by atoms with E-state index in [9.17, 15) is 13.2 Å². The molecule has 2 aliphatic heterocycles. The summed E-state index contributed by atoms with van der Waals surface area (Å²) < 4.78 is 56.5. The molecule has 1 atom stereocenters. The summed E-state index contributed by atoms with van der Waals surface area (Å²) in [6.07, 6.45) is -2.62. The van der Waals surface area contributed by atoms with Crippen LogP contribution in [0.15, 0.2) is 48.7 Å². The molecule has 0 aliphatic carbocycles. The molecule has 6 nitrogen and oxygen atoms in total. The van der Waals surface area contributed by atoms with Crippen LogP contribution in [-0.4, -0.2) is 23.2 Å². The van der Waals surface area contributed by atoms with Crippen LogP contribution < -0.4 is 14.8 Å². The zero-order valence-corrected chi connectivity index (χ0v) is 15.8. The van der Waals surface area contributed by atoms with Gasteiger partial charge in [-0.1, -0.05) is 6.07 Å². The van der Waals surface area contributed by atoms with Gasteiger partial charge in [0.2, 0.25) is 6.79 Å². The lowest BCUT2D eigenvalue weighted by Gasteiger charge is -2.24. The van der Waals surface area contributed by atoms with Crippen molar-refractivity contribution in [2.45, 2.75) is 25.4 Å². The van der Waals surface area contributed by atoms with E-state index in [-0.39, 0.29) is 12.8 Å². The third-order valence-electron chi connectivity index (χ3n) is 5.23. The molecular weight excluding hydrogens is 399 g/mol. The Morgan fingerprint density at radius 3 is 2.67 bits per heavy atom. The number of fused-ring (bicyclic) bond motifs is 2. The van der Waals surface area contributed by atoms with Crippen molar-refractivity contribution >= 4 is 0 Å². The van der Waals surface area contributed by atoms with Gasteiger partial charge in [-0.3, -0.25) is 0 Å². The smallest absolute Gasteiger partial charge is 0.416 e. The van der Waals surface area contributed by atoms with Crippen molar-refractivity contribution in [3.63, 3.8) is 0 Å². The highest BCUT2D eigenvalue weighted by Crippen LogP contribution is 2.33. The first kappa shape index (κ1) is 19.0. The molecule has 3 aromatic rings. The van der Waals surface area contributed by atoms with E-state index in [1.54, 1.807) is 10.9 Å². The Labute approximate surface area is 170 Å². The number of benzene rings is 2. The van der Waals surface area contributed by atoms with Gasteiger partial charge in [0.05, 0.1) is 42.4 Å². The van der Waals surface area contributed by atoms with Crippen LogP contribution in [0.4, 0.5) is 13.2 Å². The van der Waals surface area contributed by atoms with Gasteiger partial charge in [0.1, 0.15) is 0 Å². The Morgan fingerprint density at radius 1 is 1.07 bits per heavy atom. The quantitative estimate of drug-likeness (QED) is 0.696. The molecule has 0 saturated carbocycles. The molecule has 2 aromatic carbocycles. The van der Waals surface area contributed by atoms with Crippen LogP contribution in [0.3, 0.4) is 0 Å². The van der Waals surface area contributed by atoms with Crippen molar-refractivity contribution in [1.29, 1.82) is 0 Å². The highest BCUT2D eigenvalue weighted by molar-refractivity contribution is 5.44. The third-order valence-corrected chi connectivity index (χ3v) is 5.23. The maximum absolute atomic E-state index is 12.8. The van der Waals surface area contributed by atoms with Gasteiger partial charge in [-0.05, 0) is 42.0 Å². The summed E-state index contributed by atoms with van der Waals surface area (Å²) in [5.74, 6) is 1.46. The number of aromatic nitrogens is 2. The van der Waals surface area contributed by atoms with Gasteiger partial charge < -0.3 is 19.5 Å². The molecule has 1 unspecified atom stereocenters. The van der Waals surface area contributed by atoms with Crippen LogP contribution >= 0.6 is 0 Å². The molecule has 0 saturated heterocycles. The topological polar surface area (TPSA) is 57.5 Å². The second kappa shape index (κ2) is 7.33. The number of nitrogens with zero attached hydrogens (tertiary/aromatic N) is 2. The monoisotopic (exact) mass is 417 g/mol. The predicted molar refractivity (Wildman–Crippen MR) is 100 cm³/mol. The van der Waals surface area contributed by atoms with Crippen LogP contribution in [0.1, 0.15) is 28.4 Å².